The monoisotopic (exact) mass is 352 g/mol. The van der Waals surface area contributed by atoms with E-state index in [1.54, 1.807) is 0 Å². The Kier molecular flexibility index (Phi) is 3.62. The number of halogens is 1. The van der Waals surface area contributed by atoms with Crippen molar-refractivity contribution in [3.05, 3.63) is 22.2 Å². The van der Waals surface area contributed by atoms with Gasteiger partial charge in [-0.15, -0.1) is 0 Å². The van der Waals surface area contributed by atoms with Crippen LogP contribution in [0.1, 0.15) is 24.4 Å². The van der Waals surface area contributed by atoms with Gasteiger partial charge in [0.1, 0.15) is 6.04 Å². The molecule has 1 saturated heterocycles. The van der Waals surface area contributed by atoms with E-state index in [1.807, 2.05) is 12.1 Å². The van der Waals surface area contributed by atoms with Crippen molar-refractivity contribution in [3.8, 4) is 0 Å². The molecule has 0 spiro atoms. The number of amides is 2. The summed E-state index contributed by atoms with van der Waals surface area (Å²) in [5, 5.41) is 2.80. The third kappa shape index (κ3) is 2.51. The second kappa shape index (κ2) is 5.31. The molecule has 1 aromatic rings. The van der Waals surface area contributed by atoms with Crippen molar-refractivity contribution in [1.82, 2.24) is 0 Å². The fourth-order valence-corrected chi connectivity index (χ4v) is 3.55. The van der Waals surface area contributed by atoms with E-state index in [0.717, 1.165) is 47.3 Å². The second-order valence-electron chi connectivity index (χ2n) is 5.52. The molecule has 1 atom stereocenters. The first-order valence-corrected chi connectivity index (χ1v) is 7.71. The van der Waals surface area contributed by atoms with Crippen LogP contribution in [0, 0.1) is 5.92 Å². The SMILES string of the molecule is NC(=O)C1CCN(c2cc3c(cc2Br)C(N)C(=O)N3)CC1. The third-order valence-corrected chi connectivity index (χ3v) is 4.87. The molecule has 7 heteroatoms. The number of nitrogens with one attached hydrogen (secondary N) is 1. The fraction of sp³-hybridized carbons (Fsp3) is 0.429. The van der Waals surface area contributed by atoms with Gasteiger partial charge in [0.15, 0.2) is 0 Å². The largest absolute Gasteiger partial charge is 0.371 e. The summed E-state index contributed by atoms with van der Waals surface area (Å²) in [6.07, 6.45) is 1.51. The molecule has 3 rings (SSSR count). The molecule has 6 nitrogen and oxygen atoms in total. The molecule has 21 heavy (non-hydrogen) atoms. The van der Waals surface area contributed by atoms with Crippen molar-refractivity contribution in [3.63, 3.8) is 0 Å². The van der Waals surface area contributed by atoms with Crippen LogP contribution in [0.5, 0.6) is 0 Å². The molecular weight excluding hydrogens is 336 g/mol. The van der Waals surface area contributed by atoms with Crippen LogP contribution in [0.15, 0.2) is 16.6 Å². The summed E-state index contributed by atoms with van der Waals surface area (Å²) >= 11 is 3.55. The summed E-state index contributed by atoms with van der Waals surface area (Å²) in [4.78, 5) is 25.0. The molecule has 2 amide bonds. The van der Waals surface area contributed by atoms with Gasteiger partial charge < -0.3 is 21.7 Å². The third-order valence-electron chi connectivity index (χ3n) is 4.23. The molecule has 1 unspecified atom stereocenters. The first-order chi connectivity index (χ1) is 9.97. The van der Waals surface area contributed by atoms with Crippen LogP contribution in [-0.2, 0) is 9.59 Å². The Morgan fingerprint density at radius 1 is 1.33 bits per heavy atom. The van der Waals surface area contributed by atoms with Crippen LogP contribution in [0.25, 0.3) is 0 Å². The van der Waals surface area contributed by atoms with Gasteiger partial charge in [0.25, 0.3) is 0 Å². The zero-order chi connectivity index (χ0) is 15.1. The molecule has 0 saturated carbocycles. The van der Waals surface area contributed by atoms with E-state index in [1.165, 1.54) is 0 Å². The molecule has 0 radical (unpaired) electrons. The lowest BCUT2D eigenvalue weighted by Crippen LogP contribution is -2.38. The molecule has 112 valence electrons. The number of primary amides is 1. The number of carbonyl (C=O) groups excluding carboxylic acids is 2. The summed E-state index contributed by atoms with van der Waals surface area (Å²) < 4.78 is 0.908. The average molecular weight is 353 g/mol. The minimum absolute atomic E-state index is 0.0393. The van der Waals surface area contributed by atoms with Crippen molar-refractivity contribution in [2.24, 2.45) is 17.4 Å². The Bertz CT molecular complexity index is 611. The smallest absolute Gasteiger partial charge is 0.245 e. The van der Waals surface area contributed by atoms with E-state index < -0.39 is 6.04 Å². The summed E-state index contributed by atoms with van der Waals surface area (Å²) in [7, 11) is 0. The van der Waals surface area contributed by atoms with Gasteiger partial charge in [-0.2, -0.15) is 0 Å². The van der Waals surface area contributed by atoms with E-state index in [-0.39, 0.29) is 17.7 Å². The predicted molar refractivity (Wildman–Crippen MR) is 83.8 cm³/mol. The molecule has 2 aliphatic heterocycles. The predicted octanol–water partition coefficient (Wildman–Crippen LogP) is 1.10. The number of fused-ring (bicyclic) bond motifs is 1. The number of rotatable bonds is 2. The van der Waals surface area contributed by atoms with E-state index in [2.05, 4.69) is 26.1 Å². The maximum Gasteiger partial charge on any atom is 0.245 e. The molecule has 2 heterocycles. The van der Waals surface area contributed by atoms with Crippen LogP contribution in [0.2, 0.25) is 0 Å². The van der Waals surface area contributed by atoms with Gasteiger partial charge in [0.2, 0.25) is 11.8 Å². The van der Waals surface area contributed by atoms with E-state index in [9.17, 15) is 9.59 Å². The van der Waals surface area contributed by atoms with Crippen molar-refractivity contribution >= 4 is 39.1 Å². The average Bonchev–Trinajstić information content (AvgIpc) is 2.73. The standard InChI is InChI=1S/C14H17BrN4O2/c15-9-5-8-10(18-14(21)12(8)16)6-11(9)19-3-1-7(2-4-19)13(17)20/h5-7,12H,1-4,16H2,(H2,17,20)(H,18,21). The lowest BCUT2D eigenvalue weighted by atomic mass is 9.95. The van der Waals surface area contributed by atoms with Crippen LogP contribution >= 0.6 is 15.9 Å². The Hall–Kier alpha value is -1.60. The highest BCUT2D eigenvalue weighted by molar-refractivity contribution is 9.10. The van der Waals surface area contributed by atoms with Crippen LogP contribution in [0.4, 0.5) is 11.4 Å². The highest BCUT2D eigenvalue weighted by atomic mass is 79.9. The number of carbonyl (C=O) groups is 2. The minimum Gasteiger partial charge on any atom is -0.371 e. The molecule has 0 aromatic heterocycles. The fourth-order valence-electron chi connectivity index (χ4n) is 2.94. The van der Waals surface area contributed by atoms with Gasteiger partial charge in [-0.25, -0.2) is 0 Å². The Morgan fingerprint density at radius 2 is 2.00 bits per heavy atom. The molecule has 5 N–H and O–H groups in total. The van der Waals surface area contributed by atoms with Crippen molar-refractivity contribution in [2.45, 2.75) is 18.9 Å². The first kappa shape index (κ1) is 14.3. The van der Waals surface area contributed by atoms with Crippen LogP contribution in [-0.4, -0.2) is 24.9 Å². The quantitative estimate of drug-likeness (QED) is 0.741. The first-order valence-electron chi connectivity index (χ1n) is 6.91. The lowest BCUT2D eigenvalue weighted by Gasteiger charge is -2.33. The van der Waals surface area contributed by atoms with Gasteiger partial charge in [-0.1, -0.05) is 0 Å². The molecule has 1 aromatic carbocycles. The number of hydrogen-bond donors (Lipinski definition) is 3. The lowest BCUT2D eigenvalue weighted by molar-refractivity contribution is -0.122. The summed E-state index contributed by atoms with van der Waals surface area (Å²) in [5.74, 6) is -0.440. The normalized spacial score (nSPS) is 22.1. The summed E-state index contributed by atoms with van der Waals surface area (Å²) in [6.45, 7) is 1.54. The van der Waals surface area contributed by atoms with Gasteiger partial charge in [0, 0.05) is 34.7 Å². The molecular formula is C14H17BrN4O2. The number of hydrogen-bond acceptors (Lipinski definition) is 4. The van der Waals surface area contributed by atoms with Gasteiger partial charge in [-0.3, -0.25) is 9.59 Å². The van der Waals surface area contributed by atoms with Crippen LogP contribution in [0.3, 0.4) is 0 Å². The maximum absolute atomic E-state index is 11.6. The van der Waals surface area contributed by atoms with E-state index in [4.69, 9.17) is 11.5 Å². The molecule has 0 bridgehead atoms. The zero-order valence-corrected chi connectivity index (χ0v) is 13.0. The topological polar surface area (TPSA) is 101 Å². The van der Waals surface area contributed by atoms with Gasteiger partial charge in [-0.05, 0) is 40.9 Å². The number of nitrogens with zero attached hydrogens (tertiary/aromatic N) is 1. The molecule has 2 aliphatic rings. The number of piperidine rings is 1. The summed E-state index contributed by atoms with van der Waals surface area (Å²) in [5.41, 5.74) is 13.8. The Morgan fingerprint density at radius 3 is 2.62 bits per heavy atom. The van der Waals surface area contributed by atoms with Crippen molar-refractivity contribution < 1.29 is 9.59 Å². The van der Waals surface area contributed by atoms with E-state index >= 15 is 0 Å². The summed E-state index contributed by atoms with van der Waals surface area (Å²) in [6, 6.07) is 3.23. The van der Waals surface area contributed by atoms with Crippen molar-refractivity contribution in [1.29, 1.82) is 0 Å². The maximum atomic E-state index is 11.6. The van der Waals surface area contributed by atoms with Crippen LogP contribution < -0.4 is 21.7 Å². The zero-order valence-electron chi connectivity index (χ0n) is 11.4. The molecule has 1 fully saturated rings. The Labute approximate surface area is 131 Å². The Balaban J connectivity index is 1.83. The van der Waals surface area contributed by atoms with E-state index in [0.29, 0.717) is 0 Å². The number of nitrogens with two attached hydrogens (primary N) is 2. The highest BCUT2D eigenvalue weighted by Crippen LogP contribution is 2.39. The number of anilines is 2. The number of benzene rings is 1. The minimum atomic E-state index is -0.606. The molecule has 0 aliphatic carbocycles. The van der Waals surface area contributed by atoms with Gasteiger partial charge in [0.05, 0.1) is 5.69 Å². The van der Waals surface area contributed by atoms with Gasteiger partial charge >= 0.3 is 0 Å². The second-order valence-corrected chi connectivity index (χ2v) is 6.38. The highest BCUT2D eigenvalue weighted by Gasteiger charge is 2.30. The van der Waals surface area contributed by atoms with Crippen molar-refractivity contribution in [2.75, 3.05) is 23.3 Å².